The van der Waals surface area contributed by atoms with Gasteiger partial charge in [-0.25, -0.2) is 13.8 Å². The maximum atomic E-state index is 14.0. The van der Waals surface area contributed by atoms with E-state index in [2.05, 4.69) is 15.3 Å². The van der Waals surface area contributed by atoms with Crippen LogP contribution in [-0.2, 0) is 23.9 Å². The molecule has 0 unspecified atom stereocenters. The number of pyridine rings is 2. The minimum atomic E-state index is -4.60. The first kappa shape index (κ1) is 22.9. The Hall–Kier alpha value is -3.27. The van der Waals surface area contributed by atoms with Gasteiger partial charge in [-0.2, -0.15) is 13.2 Å². The van der Waals surface area contributed by atoms with E-state index in [9.17, 15) is 26.7 Å². The molecule has 0 radical (unpaired) electrons. The van der Waals surface area contributed by atoms with Crippen molar-refractivity contribution in [1.82, 2.24) is 15.3 Å². The molecule has 1 aliphatic rings. The average molecular weight is 483 g/mol. The molecule has 3 heterocycles. The number of hydrogen-bond acceptors (Lipinski definition) is 4. The predicted molar refractivity (Wildman–Crippen MR) is 111 cm³/mol. The van der Waals surface area contributed by atoms with Crippen LogP contribution in [0.25, 0.3) is 0 Å². The molecule has 11 heteroatoms. The number of benzene rings is 1. The largest absolute Gasteiger partial charge is 0.416 e. The minimum Gasteiger partial charge on any atom is -0.350 e. The molecule has 1 atom stereocenters. The Balaban J connectivity index is 1.66. The zero-order valence-electron chi connectivity index (χ0n) is 17.1. The number of anilines is 2. The van der Waals surface area contributed by atoms with E-state index in [-0.39, 0.29) is 35.1 Å². The van der Waals surface area contributed by atoms with Crippen molar-refractivity contribution in [3.63, 3.8) is 0 Å². The molecular formula is C22H16ClF5N4O. The number of nitrogens with one attached hydrogen (secondary N) is 1. The van der Waals surface area contributed by atoms with Gasteiger partial charge < -0.3 is 10.2 Å². The van der Waals surface area contributed by atoms with E-state index in [4.69, 9.17) is 11.6 Å². The molecule has 0 spiro atoms. The zero-order chi connectivity index (χ0) is 23.9. The van der Waals surface area contributed by atoms with Crippen molar-refractivity contribution in [2.24, 2.45) is 0 Å². The molecular weight excluding hydrogens is 467 g/mol. The molecule has 1 aliphatic heterocycles. The summed E-state index contributed by atoms with van der Waals surface area (Å²) in [6, 6.07) is 5.71. The summed E-state index contributed by atoms with van der Waals surface area (Å²) >= 11 is 5.69. The number of alkyl halides is 3. The number of aryl methyl sites for hydroxylation is 1. The van der Waals surface area contributed by atoms with E-state index in [1.807, 2.05) is 0 Å². The molecule has 2 aromatic heterocycles. The van der Waals surface area contributed by atoms with Crippen LogP contribution in [0, 0.1) is 18.6 Å². The quantitative estimate of drug-likeness (QED) is 0.414. The molecule has 1 N–H and O–H groups in total. The van der Waals surface area contributed by atoms with Crippen LogP contribution < -0.4 is 10.2 Å². The molecule has 3 aromatic rings. The number of fused-ring (bicyclic) bond motifs is 1. The van der Waals surface area contributed by atoms with Gasteiger partial charge >= 0.3 is 6.18 Å². The van der Waals surface area contributed by atoms with E-state index in [1.165, 1.54) is 18.0 Å². The summed E-state index contributed by atoms with van der Waals surface area (Å²) in [4.78, 5) is 22.9. The molecule has 1 aromatic carbocycles. The third kappa shape index (κ3) is 4.61. The second kappa shape index (κ2) is 8.58. The first-order valence-electron chi connectivity index (χ1n) is 9.74. The molecule has 0 aliphatic carbocycles. The lowest BCUT2D eigenvalue weighted by Crippen LogP contribution is -2.43. The van der Waals surface area contributed by atoms with Crippen molar-refractivity contribution in [1.29, 1.82) is 0 Å². The summed E-state index contributed by atoms with van der Waals surface area (Å²) in [6.45, 7) is 1.13. The standard InChI is InChI=1S/C22H16ClF5N4O/c1-11-5-13(22(26,27)28)7-20(31-11)32-18-3-2-4-29-17(18)9-19(32)21(33)30-10-12-6-14(23)16(25)8-15(12)24/h2-8,19H,9-10H2,1H3,(H,30,33)/t19-/m1/s1. The summed E-state index contributed by atoms with van der Waals surface area (Å²) in [6.07, 6.45) is -2.99. The number of carbonyl (C=O) groups is 1. The van der Waals surface area contributed by atoms with Crippen LogP contribution in [-0.4, -0.2) is 21.9 Å². The average Bonchev–Trinajstić information content (AvgIpc) is 3.14. The van der Waals surface area contributed by atoms with E-state index in [0.29, 0.717) is 17.4 Å². The minimum absolute atomic E-state index is 0.0389. The topological polar surface area (TPSA) is 58.1 Å². The molecule has 172 valence electrons. The summed E-state index contributed by atoms with van der Waals surface area (Å²) in [5, 5.41) is 2.24. The third-order valence-electron chi connectivity index (χ3n) is 5.18. The number of rotatable bonds is 4. The van der Waals surface area contributed by atoms with Crippen molar-refractivity contribution >= 4 is 29.0 Å². The molecule has 4 rings (SSSR count). The van der Waals surface area contributed by atoms with E-state index in [1.54, 1.807) is 12.1 Å². The summed E-state index contributed by atoms with van der Waals surface area (Å²) in [7, 11) is 0. The second-order valence-electron chi connectivity index (χ2n) is 7.49. The number of amides is 1. The SMILES string of the molecule is Cc1cc(C(F)(F)F)cc(N2c3cccnc3C[C@@H]2C(=O)NCc2cc(Cl)c(F)cc2F)n1. The van der Waals surface area contributed by atoms with Crippen molar-refractivity contribution < 1.29 is 26.7 Å². The van der Waals surface area contributed by atoms with Gasteiger partial charge in [-0.05, 0) is 37.3 Å². The van der Waals surface area contributed by atoms with Crippen LogP contribution in [0.5, 0.6) is 0 Å². The Morgan fingerprint density at radius 1 is 1.21 bits per heavy atom. The van der Waals surface area contributed by atoms with Crippen LogP contribution in [0.3, 0.4) is 0 Å². The van der Waals surface area contributed by atoms with Gasteiger partial charge in [0.15, 0.2) is 0 Å². The Labute approximate surface area is 190 Å². The van der Waals surface area contributed by atoms with E-state index >= 15 is 0 Å². The number of aromatic nitrogens is 2. The third-order valence-corrected chi connectivity index (χ3v) is 5.47. The fourth-order valence-electron chi connectivity index (χ4n) is 3.68. The molecule has 0 fully saturated rings. The van der Waals surface area contributed by atoms with Gasteiger partial charge in [-0.15, -0.1) is 0 Å². The predicted octanol–water partition coefficient (Wildman–Crippen LogP) is 5.11. The Morgan fingerprint density at radius 2 is 1.97 bits per heavy atom. The van der Waals surface area contributed by atoms with Crippen LogP contribution >= 0.6 is 11.6 Å². The fraction of sp³-hybridized carbons (Fsp3) is 0.227. The van der Waals surface area contributed by atoms with Crippen LogP contribution in [0.2, 0.25) is 5.02 Å². The van der Waals surface area contributed by atoms with Gasteiger partial charge in [0, 0.05) is 36.5 Å². The molecule has 0 bridgehead atoms. The molecule has 33 heavy (non-hydrogen) atoms. The van der Waals surface area contributed by atoms with Crippen molar-refractivity contribution in [3.8, 4) is 0 Å². The Morgan fingerprint density at radius 3 is 2.70 bits per heavy atom. The lowest BCUT2D eigenvalue weighted by molar-refractivity contribution is -0.137. The summed E-state index contributed by atoms with van der Waals surface area (Å²) in [5.41, 5.74) is 0.136. The summed E-state index contributed by atoms with van der Waals surface area (Å²) in [5.74, 6) is -2.48. The number of nitrogens with zero attached hydrogens (tertiary/aromatic N) is 3. The smallest absolute Gasteiger partial charge is 0.350 e. The number of carbonyl (C=O) groups excluding carboxylic acids is 1. The highest BCUT2D eigenvalue weighted by Gasteiger charge is 2.39. The maximum absolute atomic E-state index is 14.0. The second-order valence-corrected chi connectivity index (χ2v) is 7.90. The monoisotopic (exact) mass is 482 g/mol. The van der Waals surface area contributed by atoms with E-state index in [0.717, 1.165) is 18.2 Å². The Kier molecular flexibility index (Phi) is 5.96. The van der Waals surface area contributed by atoms with Crippen LogP contribution in [0.4, 0.5) is 33.5 Å². The highest BCUT2D eigenvalue weighted by molar-refractivity contribution is 6.30. The lowest BCUT2D eigenvalue weighted by Gasteiger charge is -2.26. The highest BCUT2D eigenvalue weighted by atomic mass is 35.5. The van der Waals surface area contributed by atoms with Crippen LogP contribution in [0.1, 0.15) is 22.5 Å². The number of halogens is 6. The number of hydrogen-bond donors (Lipinski definition) is 1. The molecule has 5 nitrogen and oxygen atoms in total. The molecule has 0 saturated carbocycles. The Bertz CT molecular complexity index is 1230. The van der Waals surface area contributed by atoms with E-state index < -0.39 is 35.3 Å². The van der Waals surface area contributed by atoms with Crippen molar-refractivity contribution in [2.45, 2.75) is 32.1 Å². The first-order chi connectivity index (χ1) is 15.5. The lowest BCUT2D eigenvalue weighted by atomic mass is 10.1. The van der Waals surface area contributed by atoms with Crippen molar-refractivity contribution in [2.75, 3.05) is 4.90 Å². The van der Waals surface area contributed by atoms with Gasteiger partial charge in [0.05, 0.1) is 22.0 Å². The van der Waals surface area contributed by atoms with Gasteiger partial charge in [-0.1, -0.05) is 11.6 Å². The fourth-order valence-corrected chi connectivity index (χ4v) is 3.87. The molecule has 1 amide bonds. The van der Waals surface area contributed by atoms with Gasteiger partial charge in [0.1, 0.15) is 23.5 Å². The summed E-state index contributed by atoms with van der Waals surface area (Å²) < 4.78 is 67.6. The molecule has 0 saturated heterocycles. The highest BCUT2D eigenvalue weighted by Crippen LogP contribution is 2.39. The van der Waals surface area contributed by atoms with Gasteiger partial charge in [-0.3, -0.25) is 9.78 Å². The van der Waals surface area contributed by atoms with Crippen molar-refractivity contribution in [3.05, 3.63) is 81.8 Å². The first-order valence-corrected chi connectivity index (χ1v) is 10.1. The van der Waals surface area contributed by atoms with Crippen LogP contribution in [0.15, 0.2) is 42.6 Å². The zero-order valence-corrected chi connectivity index (χ0v) is 17.8. The normalized spacial score (nSPS) is 15.5. The van der Waals surface area contributed by atoms with Gasteiger partial charge in [0.25, 0.3) is 0 Å². The maximum Gasteiger partial charge on any atom is 0.416 e. The van der Waals surface area contributed by atoms with Gasteiger partial charge in [0.2, 0.25) is 5.91 Å².